The maximum Gasteiger partial charge on any atom is 0.121 e. The van der Waals surface area contributed by atoms with Crippen LogP contribution in [0.15, 0.2) is 24.3 Å². The first-order chi connectivity index (χ1) is 9.63. The van der Waals surface area contributed by atoms with Gasteiger partial charge in [0.05, 0.1) is 12.7 Å². The summed E-state index contributed by atoms with van der Waals surface area (Å²) >= 11 is 0. The third-order valence-electron chi connectivity index (χ3n) is 4.80. The number of benzene rings is 1. The molecule has 1 saturated carbocycles. The highest BCUT2D eigenvalue weighted by Gasteiger charge is 2.57. The zero-order chi connectivity index (χ0) is 14.2. The second kappa shape index (κ2) is 5.28. The fourth-order valence-corrected chi connectivity index (χ4v) is 3.84. The van der Waals surface area contributed by atoms with Crippen molar-refractivity contribution in [2.24, 2.45) is 11.3 Å². The first-order valence-corrected chi connectivity index (χ1v) is 7.74. The highest BCUT2D eigenvalue weighted by molar-refractivity contribution is 5.50. The van der Waals surface area contributed by atoms with Crippen LogP contribution >= 0.6 is 0 Å². The van der Waals surface area contributed by atoms with Gasteiger partial charge in [0.15, 0.2) is 0 Å². The third-order valence-corrected chi connectivity index (χ3v) is 4.80. The van der Waals surface area contributed by atoms with Crippen LogP contribution in [0.1, 0.15) is 33.6 Å². The summed E-state index contributed by atoms with van der Waals surface area (Å²) in [4.78, 5) is 0. The Morgan fingerprint density at radius 1 is 1.40 bits per heavy atom. The molecule has 2 aliphatic rings. The number of nitrogens with one attached hydrogen (secondary N) is 1. The van der Waals surface area contributed by atoms with Crippen LogP contribution in [-0.4, -0.2) is 25.4 Å². The average molecular weight is 275 g/mol. The first kappa shape index (κ1) is 13.7. The minimum Gasteiger partial charge on any atom is -0.494 e. The van der Waals surface area contributed by atoms with Crippen LogP contribution in [0.25, 0.3) is 0 Å². The van der Waals surface area contributed by atoms with Gasteiger partial charge in [-0.15, -0.1) is 0 Å². The molecule has 1 heterocycles. The second-order valence-corrected chi connectivity index (χ2v) is 6.50. The molecule has 20 heavy (non-hydrogen) atoms. The van der Waals surface area contributed by atoms with E-state index in [2.05, 4.69) is 31.3 Å². The average Bonchev–Trinajstić information content (AvgIpc) is 2.46. The predicted octanol–water partition coefficient (Wildman–Crippen LogP) is 3.70. The highest BCUT2D eigenvalue weighted by Crippen LogP contribution is 2.52. The summed E-state index contributed by atoms with van der Waals surface area (Å²) in [5.41, 5.74) is 1.35. The molecule has 3 nitrogen and oxygen atoms in total. The minimum atomic E-state index is 0.201. The summed E-state index contributed by atoms with van der Waals surface area (Å²) in [6, 6.07) is 8.76. The number of hydrogen-bond donors (Lipinski definition) is 1. The molecule has 0 aromatic heterocycles. The largest absolute Gasteiger partial charge is 0.494 e. The number of fused-ring (bicyclic) bond motifs is 1. The lowest BCUT2D eigenvalue weighted by molar-refractivity contribution is -0.177. The van der Waals surface area contributed by atoms with Gasteiger partial charge in [-0.05, 0) is 31.9 Å². The van der Waals surface area contributed by atoms with Crippen molar-refractivity contribution >= 4 is 5.69 Å². The van der Waals surface area contributed by atoms with Crippen molar-refractivity contribution in [2.75, 3.05) is 18.5 Å². The molecule has 3 unspecified atom stereocenters. The van der Waals surface area contributed by atoms with Gasteiger partial charge in [-0.25, -0.2) is 0 Å². The lowest BCUT2D eigenvalue weighted by Gasteiger charge is -2.60. The van der Waals surface area contributed by atoms with Gasteiger partial charge in [-0.2, -0.15) is 0 Å². The Morgan fingerprint density at radius 2 is 2.25 bits per heavy atom. The molecule has 110 valence electrons. The molecule has 3 heteroatoms. The topological polar surface area (TPSA) is 30.5 Å². The van der Waals surface area contributed by atoms with Gasteiger partial charge in [0.25, 0.3) is 0 Å². The van der Waals surface area contributed by atoms with E-state index in [1.54, 1.807) is 0 Å². The van der Waals surface area contributed by atoms with Crippen molar-refractivity contribution in [1.82, 2.24) is 0 Å². The number of ether oxygens (including phenoxy) is 2. The van der Waals surface area contributed by atoms with E-state index in [0.717, 1.165) is 18.0 Å². The molecular formula is C17H25NO2. The standard InChI is InChI=1S/C17H25NO2/c1-4-19-13-8-5-7-12(11-13)18-15-14-9-6-10-20-16(14)17(15,2)3/h5,7-8,11,14-16,18H,4,6,9-10H2,1-3H3. The van der Waals surface area contributed by atoms with Crippen molar-refractivity contribution in [3.8, 4) is 5.75 Å². The molecule has 1 aromatic rings. The normalized spacial score (nSPS) is 31.1. The van der Waals surface area contributed by atoms with Gasteiger partial charge < -0.3 is 14.8 Å². The molecule has 0 bridgehead atoms. The van der Waals surface area contributed by atoms with E-state index in [-0.39, 0.29) is 5.41 Å². The highest BCUT2D eigenvalue weighted by atomic mass is 16.5. The molecule has 1 saturated heterocycles. The van der Waals surface area contributed by atoms with E-state index in [1.165, 1.54) is 12.8 Å². The van der Waals surface area contributed by atoms with Gasteiger partial charge in [0, 0.05) is 35.7 Å². The van der Waals surface area contributed by atoms with Crippen molar-refractivity contribution in [3.63, 3.8) is 0 Å². The molecule has 0 radical (unpaired) electrons. The number of hydrogen-bond acceptors (Lipinski definition) is 3. The lowest BCUT2D eigenvalue weighted by atomic mass is 9.55. The van der Waals surface area contributed by atoms with E-state index >= 15 is 0 Å². The Balaban J connectivity index is 1.72. The van der Waals surface area contributed by atoms with Crippen LogP contribution in [0.3, 0.4) is 0 Å². The fourth-order valence-electron chi connectivity index (χ4n) is 3.84. The maximum atomic E-state index is 5.96. The lowest BCUT2D eigenvalue weighted by Crippen LogP contribution is -2.67. The first-order valence-electron chi connectivity index (χ1n) is 7.74. The second-order valence-electron chi connectivity index (χ2n) is 6.50. The third kappa shape index (κ3) is 2.28. The molecule has 3 rings (SSSR count). The van der Waals surface area contributed by atoms with Gasteiger partial charge in [0.2, 0.25) is 0 Å². The molecule has 2 fully saturated rings. The summed E-state index contributed by atoms with van der Waals surface area (Å²) in [6.07, 6.45) is 2.88. The van der Waals surface area contributed by atoms with Gasteiger partial charge in [0.1, 0.15) is 5.75 Å². The van der Waals surface area contributed by atoms with Crippen molar-refractivity contribution in [3.05, 3.63) is 24.3 Å². The molecule has 1 aliphatic carbocycles. The SMILES string of the molecule is CCOc1cccc(NC2C3CCCOC3C2(C)C)c1. The van der Waals surface area contributed by atoms with Crippen LogP contribution in [0, 0.1) is 11.3 Å². The molecule has 1 N–H and O–H groups in total. The molecular weight excluding hydrogens is 250 g/mol. The Morgan fingerprint density at radius 3 is 3.05 bits per heavy atom. The van der Waals surface area contributed by atoms with Crippen molar-refractivity contribution < 1.29 is 9.47 Å². The smallest absolute Gasteiger partial charge is 0.121 e. The van der Waals surface area contributed by atoms with E-state index in [9.17, 15) is 0 Å². The van der Waals surface area contributed by atoms with Gasteiger partial charge >= 0.3 is 0 Å². The van der Waals surface area contributed by atoms with Crippen LogP contribution in [0.4, 0.5) is 5.69 Å². The number of rotatable bonds is 4. The van der Waals surface area contributed by atoms with Gasteiger partial charge in [-0.3, -0.25) is 0 Å². The van der Waals surface area contributed by atoms with E-state index in [4.69, 9.17) is 9.47 Å². The zero-order valence-corrected chi connectivity index (χ0v) is 12.7. The van der Waals surface area contributed by atoms with Crippen molar-refractivity contribution in [2.45, 2.75) is 45.8 Å². The quantitative estimate of drug-likeness (QED) is 0.909. The maximum absolute atomic E-state index is 5.96. The number of anilines is 1. The monoisotopic (exact) mass is 275 g/mol. The summed E-state index contributed by atoms with van der Waals surface area (Å²) in [5, 5.41) is 3.71. The molecule has 1 aromatic carbocycles. The van der Waals surface area contributed by atoms with E-state index in [1.807, 2.05) is 19.1 Å². The Hall–Kier alpha value is -1.22. The molecule has 0 spiro atoms. The minimum absolute atomic E-state index is 0.201. The Bertz CT molecular complexity index is 472. The zero-order valence-electron chi connectivity index (χ0n) is 12.7. The summed E-state index contributed by atoms with van der Waals surface area (Å²) in [6.45, 7) is 8.26. The summed E-state index contributed by atoms with van der Waals surface area (Å²) < 4.78 is 11.5. The Kier molecular flexibility index (Phi) is 3.63. The van der Waals surface area contributed by atoms with Crippen molar-refractivity contribution in [1.29, 1.82) is 0 Å². The molecule has 3 atom stereocenters. The fraction of sp³-hybridized carbons (Fsp3) is 0.647. The summed E-state index contributed by atoms with van der Waals surface area (Å²) in [5.74, 6) is 1.58. The van der Waals surface area contributed by atoms with Crippen LogP contribution in [0.5, 0.6) is 5.75 Å². The van der Waals surface area contributed by atoms with Crippen LogP contribution < -0.4 is 10.1 Å². The van der Waals surface area contributed by atoms with E-state index < -0.39 is 0 Å². The van der Waals surface area contributed by atoms with Gasteiger partial charge in [-0.1, -0.05) is 19.9 Å². The summed E-state index contributed by atoms with van der Waals surface area (Å²) in [7, 11) is 0. The van der Waals surface area contributed by atoms with Crippen LogP contribution in [-0.2, 0) is 4.74 Å². The Labute approximate surface area is 121 Å². The van der Waals surface area contributed by atoms with E-state index in [0.29, 0.717) is 24.7 Å². The predicted molar refractivity (Wildman–Crippen MR) is 81.3 cm³/mol. The molecule has 1 aliphatic heterocycles. The molecule has 0 amide bonds. The van der Waals surface area contributed by atoms with Crippen LogP contribution in [0.2, 0.25) is 0 Å².